The van der Waals surface area contributed by atoms with E-state index < -0.39 is 41.3 Å². The lowest BCUT2D eigenvalue weighted by molar-refractivity contribution is -0.290. The molecule has 2 saturated carbocycles. The van der Waals surface area contributed by atoms with Crippen LogP contribution in [0.25, 0.3) is 0 Å². The van der Waals surface area contributed by atoms with Crippen LogP contribution in [0.2, 0.25) is 0 Å². The van der Waals surface area contributed by atoms with Crippen LogP contribution in [0.15, 0.2) is 12.2 Å². The van der Waals surface area contributed by atoms with Gasteiger partial charge in [0.15, 0.2) is 0 Å². The highest BCUT2D eigenvalue weighted by molar-refractivity contribution is 5.83. The van der Waals surface area contributed by atoms with Crippen LogP contribution in [-0.2, 0) is 4.79 Å². The fraction of sp³-hybridized carbons (Fsp3) is 0.700. The van der Waals surface area contributed by atoms with Gasteiger partial charge in [-0.2, -0.15) is 4.39 Å². The van der Waals surface area contributed by atoms with Crippen LogP contribution in [0.4, 0.5) is 17.6 Å². The van der Waals surface area contributed by atoms with Gasteiger partial charge in [-0.15, -0.1) is 0 Å². The zero-order chi connectivity index (χ0) is 11.0. The molecule has 1 nitrogen and oxygen atoms in total. The molecule has 82 valence electrons. The molecule has 2 fully saturated rings. The van der Waals surface area contributed by atoms with Crippen LogP contribution >= 0.6 is 0 Å². The molecule has 0 aromatic heterocycles. The number of halogens is 4. The molecular formula is C10H8F4O. The van der Waals surface area contributed by atoms with E-state index in [1.165, 1.54) is 0 Å². The number of carbonyl (C=O) groups is 1. The predicted molar refractivity (Wildman–Crippen MR) is 42.6 cm³/mol. The topological polar surface area (TPSA) is 17.1 Å². The lowest BCUT2D eigenvalue weighted by Crippen LogP contribution is -2.72. The van der Waals surface area contributed by atoms with Crippen molar-refractivity contribution in [3.05, 3.63) is 12.2 Å². The fourth-order valence-electron chi connectivity index (χ4n) is 3.49. The van der Waals surface area contributed by atoms with E-state index in [0.717, 1.165) is 0 Å². The molecule has 5 heteroatoms. The van der Waals surface area contributed by atoms with E-state index in [0.29, 0.717) is 6.42 Å². The Morgan fingerprint density at radius 1 is 1.13 bits per heavy atom. The van der Waals surface area contributed by atoms with Crippen molar-refractivity contribution >= 4 is 6.04 Å². The molecule has 3 aliphatic rings. The zero-order valence-corrected chi connectivity index (χ0v) is 7.59. The molecule has 0 spiro atoms. The summed E-state index contributed by atoms with van der Waals surface area (Å²) < 4.78 is 52.9. The van der Waals surface area contributed by atoms with Crippen molar-refractivity contribution in [1.29, 1.82) is 0 Å². The molecule has 0 aliphatic heterocycles. The monoisotopic (exact) mass is 220 g/mol. The van der Waals surface area contributed by atoms with Gasteiger partial charge in [0.05, 0.1) is 0 Å². The van der Waals surface area contributed by atoms with Gasteiger partial charge >= 0.3 is 6.04 Å². The third kappa shape index (κ3) is 0.732. The van der Waals surface area contributed by atoms with Crippen LogP contribution < -0.4 is 0 Å². The van der Waals surface area contributed by atoms with Crippen molar-refractivity contribution in [2.75, 3.05) is 0 Å². The molecule has 3 aliphatic carbocycles. The van der Waals surface area contributed by atoms with E-state index in [1.807, 2.05) is 0 Å². The number of allylic oxidation sites excluding steroid dienone is 2. The van der Waals surface area contributed by atoms with Crippen molar-refractivity contribution < 1.29 is 22.4 Å². The molecule has 0 radical (unpaired) electrons. The molecular weight excluding hydrogens is 212 g/mol. The van der Waals surface area contributed by atoms with Crippen molar-refractivity contribution in [3.63, 3.8) is 0 Å². The highest BCUT2D eigenvalue weighted by atomic mass is 19.3. The highest BCUT2D eigenvalue weighted by Crippen LogP contribution is 2.71. The Hall–Kier alpha value is -0.870. The van der Waals surface area contributed by atoms with Gasteiger partial charge < -0.3 is 0 Å². The number of alkyl halides is 3. The van der Waals surface area contributed by atoms with Crippen molar-refractivity contribution in [2.24, 2.45) is 23.7 Å². The first-order valence-electron chi connectivity index (χ1n) is 4.85. The van der Waals surface area contributed by atoms with E-state index in [9.17, 15) is 22.4 Å². The first-order valence-corrected chi connectivity index (χ1v) is 4.85. The van der Waals surface area contributed by atoms with Gasteiger partial charge in [0.1, 0.15) is 0 Å². The molecule has 2 bridgehead atoms. The van der Waals surface area contributed by atoms with E-state index in [-0.39, 0.29) is 0 Å². The van der Waals surface area contributed by atoms with Gasteiger partial charge in [-0.25, -0.2) is 13.2 Å². The molecule has 0 N–H and O–H groups in total. The maximum absolute atomic E-state index is 13.7. The molecule has 15 heavy (non-hydrogen) atoms. The van der Waals surface area contributed by atoms with E-state index >= 15 is 0 Å². The van der Waals surface area contributed by atoms with Crippen LogP contribution in [0.5, 0.6) is 0 Å². The van der Waals surface area contributed by atoms with Crippen LogP contribution in [0, 0.1) is 23.7 Å². The standard InChI is InChI=1S/C10H8F4O/c11-8(15)9(12)6-4-1-2-5(3-4)7(6)10(9,13)14/h1-2,4-7H,3H2. The largest absolute Gasteiger partial charge is 0.345 e. The Morgan fingerprint density at radius 2 is 1.67 bits per heavy atom. The van der Waals surface area contributed by atoms with Crippen molar-refractivity contribution in [2.45, 2.75) is 18.0 Å². The van der Waals surface area contributed by atoms with E-state index in [4.69, 9.17) is 0 Å². The molecule has 0 amide bonds. The number of hydrogen-bond donors (Lipinski definition) is 0. The Labute approximate surface area is 83.1 Å². The Morgan fingerprint density at radius 3 is 2.20 bits per heavy atom. The fourth-order valence-corrected chi connectivity index (χ4v) is 3.49. The predicted octanol–water partition coefficient (Wildman–Crippen LogP) is 2.28. The minimum atomic E-state index is -3.84. The molecule has 0 aromatic carbocycles. The van der Waals surface area contributed by atoms with Crippen molar-refractivity contribution in [1.82, 2.24) is 0 Å². The lowest BCUT2D eigenvalue weighted by Gasteiger charge is -2.53. The number of hydrogen-bond acceptors (Lipinski definition) is 1. The van der Waals surface area contributed by atoms with Gasteiger partial charge in [-0.3, -0.25) is 4.79 Å². The summed E-state index contributed by atoms with van der Waals surface area (Å²) >= 11 is 0. The summed E-state index contributed by atoms with van der Waals surface area (Å²) in [7, 11) is 0. The van der Waals surface area contributed by atoms with Crippen LogP contribution in [0.1, 0.15) is 6.42 Å². The Kier molecular flexibility index (Phi) is 1.42. The average Bonchev–Trinajstić information content (AvgIpc) is 2.73. The summed E-state index contributed by atoms with van der Waals surface area (Å²) in [5.74, 6) is -6.96. The Balaban J connectivity index is 2.07. The minimum Gasteiger partial charge on any atom is -0.257 e. The first kappa shape index (κ1) is 9.36. The lowest BCUT2D eigenvalue weighted by atomic mass is 9.55. The Bertz CT molecular complexity index is 378. The summed E-state index contributed by atoms with van der Waals surface area (Å²) in [6, 6.07) is -2.52. The molecule has 0 heterocycles. The smallest absolute Gasteiger partial charge is 0.257 e. The summed E-state index contributed by atoms with van der Waals surface area (Å²) in [4.78, 5) is 10.4. The summed E-state index contributed by atoms with van der Waals surface area (Å²) in [5, 5.41) is 0. The maximum atomic E-state index is 13.7. The molecule has 3 rings (SSSR count). The summed E-state index contributed by atoms with van der Waals surface area (Å²) in [5.41, 5.74) is -3.57. The number of rotatable bonds is 1. The second-order valence-electron chi connectivity index (χ2n) is 4.61. The van der Waals surface area contributed by atoms with Crippen molar-refractivity contribution in [3.8, 4) is 0 Å². The van der Waals surface area contributed by atoms with E-state index in [2.05, 4.69) is 0 Å². The third-order valence-electron chi connectivity index (χ3n) is 4.11. The third-order valence-corrected chi connectivity index (χ3v) is 4.11. The maximum Gasteiger partial charge on any atom is 0.345 e. The summed E-state index contributed by atoms with van der Waals surface area (Å²) in [6.07, 6.45) is 3.67. The molecule has 0 aromatic rings. The van der Waals surface area contributed by atoms with Gasteiger partial charge in [0.25, 0.3) is 11.6 Å². The molecule has 5 atom stereocenters. The molecule has 0 saturated heterocycles. The highest BCUT2D eigenvalue weighted by Gasteiger charge is 2.85. The van der Waals surface area contributed by atoms with Gasteiger partial charge in [0, 0.05) is 11.8 Å². The number of fused-ring (bicyclic) bond motifs is 5. The minimum absolute atomic E-state index is 0.391. The SMILES string of the molecule is O=C(F)C1(F)C2C3C=CC(C3)C2C1(F)F. The quantitative estimate of drug-likeness (QED) is 0.376. The van der Waals surface area contributed by atoms with Crippen LogP contribution in [0.3, 0.4) is 0 Å². The average molecular weight is 220 g/mol. The van der Waals surface area contributed by atoms with E-state index in [1.54, 1.807) is 12.2 Å². The van der Waals surface area contributed by atoms with Gasteiger partial charge in [-0.05, 0) is 18.3 Å². The first-order chi connectivity index (χ1) is 6.90. The normalized spacial score (nSPS) is 53.9. The van der Waals surface area contributed by atoms with Gasteiger partial charge in [0.2, 0.25) is 0 Å². The van der Waals surface area contributed by atoms with Gasteiger partial charge in [-0.1, -0.05) is 12.2 Å². The second-order valence-corrected chi connectivity index (χ2v) is 4.61. The zero-order valence-electron chi connectivity index (χ0n) is 7.59. The van der Waals surface area contributed by atoms with Crippen LogP contribution in [-0.4, -0.2) is 17.6 Å². The summed E-state index contributed by atoms with van der Waals surface area (Å²) in [6.45, 7) is 0. The second kappa shape index (κ2) is 2.28. The molecule has 5 unspecified atom stereocenters. The number of carbonyl (C=O) groups excluding carboxylic acids is 1.